The van der Waals surface area contributed by atoms with Gasteiger partial charge in [-0.15, -0.1) is 0 Å². The van der Waals surface area contributed by atoms with Crippen LogP contribution in [0.3, 0.4) is 0 Å². The molecule has 25 heavy (non-hydrogen) atoms. The Bertz CT molecular complexity index is 791. The van der Waals surface area contributed by atoms with Crippen LogP contribution in [-0.2, 0) is 0 Å². The summed E-state index contributed by atoms with van der Waals surface area (Å²) in [5.74, 6) is 0.952. The van der Waals surface area contributed by atoms with Gasteiger partial charge >= 0.3 is 0 Å². The second-order valence-corrected chi connectivity index (χ2v) is 6.72. The first kappa shape index (κ1) is 17.4. The third-order valence-electron chi connectivity index (χ3n) is 4.95. The van der Waals surface area contributed by atoms with Crippen molar-refractivity contribution in [3.8, 4) is 0 Å². The number of anilines is 2. The lowest BCUT2D eigenvalue weighted by Gasteiger charge is -2.19. The molecule has 2 aromatic rings. The van der Waals surface area contributed by atoms with Gasteiger partial charge in [0.1, 0.15) is 11.6 Å². The number of carbonyl (C=O) groups excluding carboxylic acids is 1. The minimum absolute atomic E-state index is 0.318. The molecule has 0 radical (unpaired) electrons. The van der Waals surface area contributed by atoms with E-state index in [1.165, 1.54) is 25.0 Å². The van der Waals surface area contributed by atoms with Crippen LogP contribution in [-0.4, -0.2) is 24.0 Å². The van der Waals surface area contributed by atoms with E-state index < -0.39 is 5.82 Å². The number of aryl methyl sites for hydroxylation is 2. The van der Waals surface area contributed by atoms with Gasteiger partial charge < -0.3 is 10.2 Å². The van der Waals surface area contributed by atoms with Crippen molar-refractivity contribution < 1.29 is 9.18 Å². The first-order valence-electron chi connectivity index (χ1n) is 8.78. The molecule has 132 valence electrons. The summed E-state index contributed by atoms with van der Waals surface area (Å²) in [7, 11) is 0. The Morgan fingerprint density at radius 2 is 2.12 bits per heavy atom. The number of aromatic nitrogens is 1. The number of nitrogens with zero attached hydrogens (tertiary/aromatic N) is 2. The van der Waals surface area contributed by atoms with Crippen molar-refractivity contribution in [1.82, 2.24) is 4.98 Å². The molecule has 0 spiro atoms. The number of carbonyl (C=O) groups is 1. The number of benzene rings is 1. The fraction of sp³-hybridized carbons (Fsp3) is 0.400. The van der Waals surface area contributed by atoms with Crippen LogP contribution in [0.2, 0.25) is 0 Å². The summed E-state index contributed by atoms with van der Waals surface area (Å²) in [4.78, 5) is 19.4. The zero-order chi connectivity index (χ0) is 18.0. The lowest BCUT2D eigenvalue weighted by molar-refractivity contribution is 0.102. The van der Waals surface area contributed by atoms with Crippen molar-refractivity contribution in [2.45, 2.75) is 33.6 Å². The maximum atomic E-state index is 13.4. The summed E-state index contributed by atoms with van der Waals surface area (Å²) in [6.45, 7) is 7.96. The van der Waals surface area contributed by atoms with Crippen molar-refractivity contribution in [2.75, 3.05) is 23.3 Å². The van der Waals surface area contributed by atoms with E-state index in [-0.39, 0.29) is 5.91 Å². The summed E-state index contributed by atoms with van der Waals surface area (Å²) in [6.07, 6.45) is 2.39. The van der Waals surface area contributed by atoms with Gasteiger partial charge in [0, 0.05) is 18.7 Å². The molecule has 0 aliphatic carbocycles. The van der Waals surface area contributed by atoms with Gasteiger partial charge in [0.25, 0.3) is 5.91 Å². The zero-order valence-corrected chi connectivity index (χ0v) is 15.0. The van der Waals surface area contributed by atoms with Gasteiger partial charge in [0.15, 0.2) is 0 Å². The number of amides is 1. The highest BCUT2D eigenvalue weighted by molar-refractivity contribution is 6.05. The van der Waals surface area contributed by atoms with E-state index in [2.05, 4.69) is 22.1 Å². The van der Waals surface area contributed by atoms with E-state index in [1.54, 1.807) is 13.0 Å². The van der Waals surface area contributed by atoms with Crippen LogP contribution < -0.4 is 10.2 Å². The standard InChI is InChI=1S/C20H24FN3O/c1-4-15-9-10-24(12-15)19-8-7-18(14(3)22-19)23-20(25)17-11-16(21)6-5-13(17)2/h5-8,11,15H,4,9-10,12H2,1-3H3,(H,23,25)/t15-/m1/s1. The number of hydrogen-bond donors (Lipinski definition) is 1. The van der Waals surface area contributed by atoms with Crippen molar-refractivity contribution in [3.63, 3.8) is 0 Å². The molecule has 1 saturated heterocycles. The lowest BCUT2D eigenvalue weighted by atomic mass is 10.1. The maximum absolute atomic E-state index is 13.4. The molecule has 1 atom stereocenters. The first-order valence-corrected chi connectivity index (χ1v) is 8.78. The normalized spacial score (nSPS) is 17.0. The summed E-state index contributed by atoms with van der Waals surface area (Å²) in [5, 5.41) is 2.85. The number of hydrogen-bond acceptors (Lipinski definition) is 3. The number of pyridine rings is 1. The van der Waals surface area contributed by atoms with Crippen LogP contribution in [0.25, 0.3) is 0 Å². The van der Waals surface area contributed by atoms with E-state index in [0.29, 0.717) is 11.3 Å². The molecule has 4 nitrogen and oxygen atoms in total. The van der Waals surface area contributed by atoms with E-state index >= 15 is 0 Å². The lowest BCUT2D eigenvalue weighted by Crippen LogP contribution is -2.21. The van der Waals surface area contributed by atoms with Crippen LogP contribution in [0.4, 0.5) is 15.9 Å². The summed E-state index contributed by atoms with van der Waals surface area (Å²) < 4.78 is 13.4. The van der Waals surface area contributed by atoms with Gasteiger partial charge in [0.2, 0.25) is 0 Å². The molecule has 1 aliphatic rings. The predicted molar refractivity (Wildman–Crippen MR) is 98.7 cm³/mol. The smallest absolute Gasteiger partial charge is 0.256 e. The molecule has 5 heteroatoms. The van der Waals surface area contributed by atoms with Crippen LogP contribution in [0.1, 0.15) is 41.4 Å². The Hall–Kier alpha value is -2.43. The summed E-state index contributed by atoms with van der Waals surface area (Å²) in [6, 6.07) is 8.04. The molecule has 1 aromatic carbocycles. The van der Waals surface area contributed by atoms with Crippen molar-refractivity contribution in [1.29, 1.82) is 0 Å². The molecule has 2 heterocycles. The number of halogens is 1. The fourth-order valence-electron chi connectivity index (χ4n) is 3.26. The monoisotopic (exact) mass is 341 g/mol. The largest absolute Gasteiger partial charge is 0.356 e. The Morgan fingerprint density at radius 1 is 1.32 bits per heavy atom. The fourth-order valence-corrected chi connectivity index (χ4v) is 3.26. The van der Waals surface area contributed by atoms with Gasteiger partial charge in [-0.25, -0.2) is 9.37 Å². The average molecular weight is 341 g/mol. The molecule has 1 aliphatic heterocycles. The van der Waals surface area contributed by atoms with E-state index in [1.807, 2.05) is 19.1 Å². The predicted octanol–water partition coefficient (Wildman–Crippen LogP) is 4.33. The number of nitrogens with one attached hydrogen (secondary N) is 1. The molecular weight excluding hydrogens is 317 g/mol. The van der Waals surface area contributed by atoms with Crippen LogP contribution in [0.5, 0.6) is 0 Å². The maximum Gasteiger partial charge on any atom is 0.256 e. The second-order valence-electron chi connectivity index (χ2n) is 6.72. The Balaban J connectivity index is 1.75. The minimum atomic E-state index is -0.416. The van der Waals surface area contributed by atoms with Crippen LogP contribution in [0, 0.1) is 25.6 Å². The minimum Gasteiger partial charge on any atom is -0.356 e. The topological polar surface area (TPSA) is 45.2 Å². The van der Waals surface area contributed by atoms with E-state index in [4.69, 9.17) is 0 Å². The van der Waals surface area contributed by atoms with Crippen LogP contribution in [0.15, 0.2) is 30.3 Å². The summed E-state index contributed by atoms with van der Waals surface area (Å²) in [5.41, 5.74) is 2.50. The Kier molecular flexibility index (Phi) is 5.02. The summed E-state index contributed by atoms with van der Waals surface area (Å²) >= 11 is 0. The molecule has 1 amide bonds. The van der Waals surface area contributed by atoms with Gasteiger partial charge in [0.05, 0.1) is 11.4 Å². The first-order chi connectivity index (χ1) is 12.0. The molecule has 0 bridgehead atoms. The third kappa shape index (κ3) is 3.81. The SMILES string of the molecule is CC[C@@H]1CCN(c2ccc(NC(=O)c3cc(F)ccc3C)c(C)n2)C1. The molecule has 1 fully saturated rings. The third-order valence-corrected chi connectivity index (χ3v) is 4.95. The quantitative estimate of drug-likeness (QED) is 0.900. The second kappa shape index (κ2) is 7.21. The van der Waals surface area contributed by atoms with Crippen molar-refractivity contribution in [2.24, 2.45) is 5.92 Å². The average Bonchev–Trinajstić information content (AvgIpc) is 3.08. The molecule has 3 rings (SSSR count). The molecule has 0 saturated carbocycles. The Morgan fingerprint density at radius 3 is 2.80 bits per heavy atom. The van der Waals surface area contributed by atoms with E-state index in [0.717, 1.165) is 36.1 Å². The highest BCUT2D eigenvalue weighted by atomic mass is 19.1. The molecular formula is C20H24FN3O. The van der Waals surface area contributed by atoms with Crippen LogP contribution >= 0.6 is 0 Å². The van der Waals surface area contributed by atoms with Crippen molar-refractivity contribution >= 4 is 17.4 Å². The highest BCUT2D eigenvalue weighted by Gasteiger charge is 2.22. The molecule has 1 aromatic heterocycles. The Labute approximate surface area is 148 Å². The van der Waals surface area contributed by atoms with Gasteiger partial charge in [-0.05, 0) is 56.0 Å². The molecule has 0 unspecified atom stereocenters. The zero-order valence-electron chi connectivity index (χ0n) is 15.0. The van der Waals surface area contributed by atoms with Gasteiger partial charge in [-0.1, -0.05) is 19.4 Å². The number of rotatable bonds is 4. The van der Waals surface area contributed by atoms with Crippen molar-refractivity contribution in [3.05, 3.63) is 53.0 Å². The molecule has 1 N–H and O–H groups in total. The van der Waals surface area contributed by atoms with Gasteiger partial charge in [-0.3, -0.25) is 4.79 Å². The van der Waals surface area contributed by atoms with E-state index in [9.17, 15) is 9.18 Å². The van der Waals surface area contributed by atoms with Gasteiger partial charge in [-0.2, -0.15) is 0 Å². The highest BCUT2D eigenvalue weighted by Crippen LogP contribution is 2.26.